The van der Waals surface area contributed by atoms with Gasteiger partial charge in [0, 0.05) is 17.1 Å². The SMILES string of the molecule is CCCCCCc1ccc[c-]1CCCCCC.[Fe].[cH-]1[cH-][cH-][cH-][cH-]1. The molecule has 0 nitrogen and oxygen atoms in total. The predicted octanol–water partition coefficient (Wildman–Crippen LogP) is 7.05. The van der Waals surface area contributed by atoms with Crippen molar-refractivity contribution in [1.82, 2.24) is 0 Å². The van der Waals surface area contributed by atoms with E-state index in [0.29, 0.717) is 0 Å². The van der Waals surface area contributed by atoms with E-state index in [1.54, 1.807) is 11.1 Å². The van der Waals surface area contributed by atoms with Crippen LogP contribution in [0.4, 0.5) is 0 Å². The van der Waals surface area contributed by atoms with Crippen molar-refractivity contribution in [3.8, 4) is 0 Å². The molecule has 0 radical (unpaired) electrons. The first-order valence-electron chi connectivity index (χ1n) is 9.28. The minimum atomic E-state index is 0. The second kappa shape index (κ2) is 16.1. The van der Waals surface area contributed by atoms with Crippen molar-refractivity contribution in [1.29, 1.82) is 0 Å². The van der Waals surface area contributed by atoms with E-state index in [0.717, 1.165) is 0 Å². The van der Waals surface area contributed by atoms with Crippen molar-refractivity contribution >= 4 is 0 Å². The van der Waals surface area contributed by atoms with Crippen molar-refractivity contribution in [2.75, 3.05) is 0 Å². The van der Waals surface area contributed by atoms with Crippen molar-refractivity contribution in [2.24, 2.45) is 0 Å². The molecule has 0 unspecified atom stereocenters. The molecule has 2 aromatic rings. The summed E-state index contributed by atoms with van der Waals surface area (Å²) < 4.78 is 0. The summed E-state index contributed by atoms with van der Waals surface area (Å²) in [6, 6.07) is 16.9. The number of hydrogen-bond acceptors (Lipinski definition) is 0. The van der Waals surface area contributed by atoms with Crippen molar-refractivity contribution in [2.45, 2.75) is 78.1 Å². The fraction of sp³-hybridized carbons (Fsp3) is 0.545. The van der Waals surface area contributed by atoms with Gasteiger partial charge in [-0.1, -0.05) is 78.1 Å². The van der Waals surface area contributed by atoms with Gasteiger partial charge >= 0.3 is 0 Å². The summed E-state index contributed by atoms with van der Waals surface area (Å²) >= 11 is 0. The second-order valence-corrected chi connectivity index (χ2v) is 6.16. The topological polar surface area (TPSA) is 0 Å². The van der Waals surface area contributed by atoms with E-state index in [9.17, 15) is 0 Å². The molecule has 0 amide bonds. The molecule has 0 bridgehead atoms. The quantitative estimate of drug-likeness (QED) is 0.243. The fourth-order valence-electron chi connectivity index (χ4n) is 2.79. The molecule has 0 aliphatic heterocycles. The molecule has 0 spiro atoms. The summed E-state index contributed by atoms with van der Waals surface area (Å²) in [5.41, 5.74) is 3.25. The zero-order chi connectivity index (χ0) is 15.9. The van der Waals surface area contributed by atoms with Crippen molar-refractivity contribution in [3.63, 3.8) is 0 Å². The first kappa shape index (κ1) is 22.2. The van der Waals surface area contributed by atoms with Gasteiger partial charge in [-0.05, 0) is 0 Å². The molecule has 0 atom stereocenters. The van der Waals surface area contributed by atoms with Crippen LogP contribution in [0.2, 0.25) is 0 Å². The van der Waals surface area contributed by atoms with Gasteiger partial charge in [-0.2, -0.15) is 17.2 Å². The molecule has 0 saturated carbocycles. The van der Waals surface area contributed by atoms with Gasteiger partial charge in [-0.15, -0.1) is 0 Å². The number of rotatable bonds is 10. The van der Waals surface area contributed by atoms with Crippen LogP contribution in [0.25, 0.3) is 0 Å². The number of hydrogen-bond donors (Lipinski definition) is 0. The van der Waals surface area contributed by atoms with Gasteiger partial charge in [0.1, 0.15) is 0 Å². The average molecular weight is 354 g/mol. The Labute approximate surface area is 154 Å². The van der Waals surface area contributed by atoms with E-state index < -0.39 is 0 Å². The van der Waals surface area contributed by atoms with Crippen LogP contribution in [0.1, 0.15) is 76.3 Å². The van der Waals surface area contributed by atoms with Gasteiger partial charge in [0.2, 0.25) is 0 Å². The third kappa shape index (κ3) is 11.4. The van der Waals surface area contributed by atoms with Crippen LogP contribution in [0.5, 0.6) is 0 Å². The maximum atomic E-state index is 2.33. The number of aryl methyl sites for hydroxylation is 2. The van der Waals surface area contributed by atoms with E-state index in [1.807, 2.05) is 30.3 Å². The molecule has 23 heavy (non-hydrogen) atoms. The second-order valence-electron chi connectivity index (χ2n) is 6.16. The van der Waals surface area contributed by atoms with E-state index in [-0.39, 0.29) is 17.1 Å². The molecule has 136 valence electrons. The molecule has 0 fully saturated rings. The van der Waals surface area contributed by atoms with E-state index in [1.165, 1.54) is 64.2 Å². The maximum absolute atomic E-state index is 2.33. The Hall–Kier alpha value is -0.781. The van der Waals surface area contributed by atoms with Crippen LogP contribution < -0.4 is 0 Å². The Bertz CT molecular complexity index is 381. The van der Waals surface area contributed by atoms with E-state index in [2.05, 4.69) is 32.0 Å². The van der Waals surface area contributed by atoms with Crippen molar-refractivity contribution < 1.29 is 17.1 Å². The van der Waals surface area contributed by atoms with Gasteiger partial charge in [0.05, 0.1) is 0 Å². The van der Waals surface area contributed by atoms with Crippen LogP contribution in [-0.4, -0.2) is 0 Å². The van der Waals surface area contributed by atoms with Gasteiger partial charge in [0.15, 0.2) is 0 Å². The van der Waals surface area contributed by atoms with Crippen molar-refractivity contribution in [3.05, 3.63) is 59.7 Å². The average Bonchev–Trinajstić information content (AvgIpc) is 3.23. The molecule has 0 aliphatic carbocycles. The summed E-state index contributed by atoms with van der Waals surface area (Å²) in [6.45, 7) is 4.56. The van der Waals surface area contributed by atoms with Crippen LogP contribution in [0.15, 0.2) is 48.5 Å². The normalized spacial score (nSPS) is 9.83. The Morgan fingerprint density at radius 1 is 0.783 bits per heavy atom. The summed E-state index contributed by atoms with van der Waals surface area (Å²) in [5, 5.41) is 0. The van der Waals surface area contributed by atoms with Crippen LogP contribution >= 0.6 is 0 Å². The first-order chi connectivity index (χ1) is 10.9. The Morgan fingerprint density at radius 2 is 1.35 bits per heavy atom. The number of unbranched alkanes of at least 4 members (excludes halogenated alkanes) is 6. The smallest absolute Gasteiger partial charge is 0 e. The van der Waals surface area contributed by atoms with E-state index >= 15 is 0 Å². The minimum Gasteiger partial charge on any atom is -0.748 e. The fourth-order valence-corrected chi connectivity index (χ4v) is 2.79. The minimum absolute atomic E-state index is 0. The summed E-state index contributed by atoms with van der Waals surface area (Å²) in [7, 11) is 0. The molecular weight excluding hydrogens is 320 g/mol. The Morgan fingerprint density at radius 3 is 1.91 bits per heavy atom. The summed E-state index contributed by atoms with van der Waals surface area (Å²) in [5.74, 6) is 0. The zero-order valence-corrected chi connectivity index (χ0v) is 16.1. The standard InChI is InChI=1S/C17H29.C5H5.Fe/c1-3-5-7-9-12-16-14-11-15-17(16)13-10-8-6-4-2;1-2-4-5-3-1;/h11,14-15H,3-10,12-13H2,1-2H3;1-5H;/q-1;-5;. The van der Waals surface area contributed by atoms with Crippen LogP contribution in [0, 0.1) is 0 Å². The third-order valence-corrected chi connectivity index (χ3v) is 4.16. The zero-order valence-electron chi connectivity index (χ0n) is 15.0. The summed E-state index contributed by atoms with van der Waals surface area (Å²) in [4.78, 5) is 0. The molecule has 2 aromatic carbocycles. The predicted molar refractivity (Wildman–Crippen MR) is 99.8 cm³/mol. The Kier molecular flexibility index (Phi) is 15.5. The van der Waals surface area contributed by atoms with Gasteiger partial charge in [0.25, 0.3) is 0 Å². The Balaban J connectivity index is 0.000000684. The monoisotopic (exact) mass is 354 g/mol. The van der Waals surface area contributed by atoms with Gasteiger partial charge in [-0.25, -0.2) is 12.1 Å². The third-order valence-electron chi connectivity index (χ3n) is 4.16. The molecular formula is C22H34Fe-6. The van der Waals surface area contributed by atoms with Gasteiger partial charge < -0.3 is 30.3 Å². The molecule has 1 heteroatoms. The van der Waals surface area contributed by atoms with Crippen LogP contribution in [-0.2, 0) is 29.9 Å². The molecule has 0 aliphatic rings. The van der Waals surface area contributed by atoms with E-state index in [4.69, 9.17) is 0 Å². The van der Waals surface area contributed by atoms with Crippen LogP contribution in [0.3, 0.4) is 0 Å². The molecule has 2 rings (SSSR count). The largest absolute Gasteiger partial charge is 0.748 e. The molecule has 0 aromatic heterocycles. The maximum Gasteiger partial charge on any atom is 0 e. The summed E-state index contributed by atoms with van der Waals surface area (Å²) in [6.07, 6.45) is 13.6. The molecule has 0 heterocycles. The van der Waals surface area contributed by atoms with Gasteiger partial charge in [-0.3, -0.25) is 0 Å². The molecule has 0 N–H and O–H groups in total. The molecule has 0 saturated heterocycles. The first-order valence-corrected chi connectivity index (χ1v) is 9.28.